The van der Waals surface area contributed by atoms with Crippen LogP contribution in [0.5, 0.6) is 5.75 Å². The highest BCUT2D eigenvalue weighted by molar-refractivity contribution is 5.74. The highest BCUT2D eigenvalue weighted by Gasteiger charge is 2.31. The molecule has 0 aliphatic carbocycles. The van der Waals surface area contributed by atoms with Crippen molar-refractivity contribution in [1.29, 1.82) is 0 Å². The van der Waals surface area contributed by atoms with Crippen LogP contribution in [-0.2, 0) is 0 Å². The van der Waals surface area contributed by atoms with Crippen LogP contribution in [0.2, 0.25) is 0 Å². The number of nitrogens with zero attached hydrogens (tertiary/aromatic N) is 2. The van der Waals surface area contributed by atoms with E-state index < -0.39 is 6.36 Å². The molecule has 9 heteroatoms. The van der Waals surface area contributed by atoms with Gasteiger partial charge in [-0.3, -0.25) is 0 Å². The number of benzene rings is 1. The molecular weight excluding hydrogens is 421 g/mol. The molecule has 0 aromatic heterocycles. The maximum absolute atomic E-state index is 12.3. The Morgan fingerprint density at radius 3 is 2.44 bits per heavy atom. The first kappa shape index (κ1) is 24.5. The molecule has 2 heterocycles. The molecule has 1 aromatic carbocycles. The zero-order chi connectivity index (χ0) is 23.0. The number of carbonyl (C=O) groups is 1. The second kappa shape index (κ2) is 11.6. The van der Waals surface area contributed by atoms with Crippen LogP contribution in [0.1, 0.15) is 51.9 Å². The van der Waals surface area contributed by atoms with Gasteiger partial charge in [0.2, 0.25) is 0 Å². The predicted molar refractivity (Wildman–Crippen MR) is 119 cm³/mol. The molecule has 0 radical (unpaired) electrons. The molecule has 2 amide bonds. The number of anilines is 1. The van der Waals surface area contributed by atoms with Crippen molar-refractivity contribution in [3.05, 3.63) is 24.3 Å². The molecule has 3 rings (SSSR count). The van der Waals surface area contributed by atoms with E-state index in [2.05, 4.69) is 32.1 Å². The maximum Gasteiger partial charge on any atom is 0.573 e. The number of ether oxygens (including phenoxy) is 1. The lowest BCUT2D eigenvalue weighted by Gasteiger charge is -2.34. The largest absolute Gasteiger partial charge is 0.573 e. The van der Waals surface area contributed by atoms with Crippen molar-refractivity contribution in [1.82, 2.24) is 15.5 Å². The number of likely N-dealkylation sites (tertiary alicyclic amines) is 1. The van der Waals surface area contributed by atoms with Gasteiger partial charge in [0, 0.05) is 37.4 Å². The second-order valence-corrected chi connectivity index (χ2v) is 8.79. The minimum atomic E-state index is -4.68. The number of hydrogen-bond donors (Lipinski definition) is 2. The molecule has 1 atom stereocenters. The first-order valence-electron chi connectivity index (χ1n) is 11.7. The summed E-state index contributed by atoms with van der Waals surface area (Å²) >= 11 is 0. The van der Waals surface area contributed by atoms with Gasteiger partial charge in [-0.1, -0.05) is 6.42 Å². The molecule has 0 bridgehead atoms. The summed E-state index contributed by atoms with van der Waals surface area (Å²) < 4.78 is 40.7. The van der Waals surface area contributed by atoms with Crippen molar-refractivity contribution < 1.29 is 22.7 Å². The topological polar surface area (TPSA) is 56.8 Å². The molecule has 2 N–H and O–H groups in total. The molecule has 180 valence electrons. The van der Waals surface area contributed by atoms with E-state index in [1.165, 1.54) is 37.9 Å². The fourth-order valence-corrected chi connectivity index (χ4v) is 4.51. The minimum absolute atomic E-state index is 0.105. The van der Waals surface area contributed by atoms with Gasteiger partial charge >= 0.3 is 12.4 Å². The summed E-state index contributed by atoms with van der Waals surface area (Å²) in [7, 11) is 0. The Bertz CT molecular complexity index is 706. The van der Waals surface area contributed by atoms with Crippen molar-refractivity contribution in [2.24, 2.45) is 0 Å². The summed E-state index contributed by atoms with van der Waals surface area (Å²) in [5.41, 5.74) is 0.852. The molecule has 1 aromatic rings. The minimum Gasteiger partial charge on any atom is -0.406 e. The van der Waals surface area contributed by atoms with Gasteiger partial charge in [-0.05, 0) is 82.8 Å². The number of alkyl halides is 3. The van der Waals surface area contributed by atoms with Crippen LogP contribution in [0.4, 0.5) is 23.7 Å². The highest BCUT2D eigenvalue weighted by atomic mass is 19.4. The van der Waals surface area contributed by atoms with Crippen LogP contribution in [0.25, 0.3) is 0 Å². The summed E-state index contributed by atoms with van der Waals surface area (Å²) in [6.45, 7) is 6.75. The zero-order valence-electron chi connectivity index (χ0n) is 18.8. The van der Waals surface area contributed by atoms with Gasteiger partial charge in [0.1, 0.15) is 5.75 Å². The number of halogens is 3. The van der Waals surface area contributed by atoms with Gasteiger partial charge in [-0.15, -0.1) is 13.2 Å². The van der Waals surface area contributed by atoms with E-state index in [4.69, 9.17) is 0 Å². The zero-order valence-corrected chi connectivity index (χ0v) is 18.8. The monoisotopic (exact) mass is 456 g/mol. The smallest absolute Gasteiger partial charge is 0.406 e. The third-order valence-corrected chi connectivity index (χ3v) is 6.36. The average molecular weight is 457 g/mol. The Morgan fingerprint density at radius 1 is 1.06 bits per heavy atom. The fraction of sp³-hybridized carbons (Fsp3) is 0.696. The number of piperidine rings is 2. The molecule has 6 nitrogen and oxygen atoms in total. The van der Waals surface area contributed by atoms with E-state index in [1.54, 1.807) is 12.1 Å². The highest BCUT2D eigenvalue weighted by Crippen LogP contribution is 2.26. The maximum atomic E-state index is 12.3. The Morgan fingerprint density at radius 2 is 1.78 bits per heavy atom. The van der Waals surface area contributed by atoms with Crippen LogP contribution < -0.4 is 20.3 Å². The van der Waals surface area contributed by atoms with Crippen LogP contribution in [0.15, 0.2) is 24.3 Å². The Labute approximate surface area is 188 Å². The number of nitrogens with one attached hydrogen (secondary N) is 2. The van der Waals surface area contributed by atoms with Crippen molar-refractivity contribution in [3.63, 3.8) is 0 Å². The van der Waals surface area contributed by atoms with Crippen LogP contribution in [0, 0.1) is 0 Å². The molecule has 0 unspecified atom stereocenters. The summed E-state index contributed by atoms with van der Waals surface area (Å²) in [6.07, 6.45) is 2.89. The summed E-state index contributed by atoms with van der Waals surface area (Å²) in [6, 6.07) is 6.58. The molecule has 2 fully saturated rings. The number of carbonyl (C=O) groups excluding carboxylic acids is 1. The lowest BCUT2D eigenvalue weighted by molar-refractivity contribution is -0.274. The quantitative estimate of drug-likeness (QED) is 0.566. The van der Waals surface area contributed by atoms with Gasteiger partial charge in [0.15, 0.2) is 0 Å². The Hall–Kier alpha value is -2.16. The standard InChI is InChI=1S/C23H35F3N4O2/c1-18-6-2-4-14-29(18)15-5-3-13-27-22(31)28-19-11-16-30(17-12-19)20-7-9-21(10-8-20)32-23(24,25)26/h7-10,18-19H,2-6,11-17H2,1H3,(H2,27,28,31)/t18-/m1/s1. The van der Waals surface area contributed by atoms with Gasteiger partial charge in [-0.25, -0.2) is 4.79 Å². The van der Waals surface area contributed by atoms with Crippen LogP contribution >= 0.6 is 0 Å². The predicted octanol–water partition coefficient (Wildman–Crippen LogP) is 4.51. The lowest BCUT2D eigenvalue weighted by atomic mass is 10.0. The molecule has 2 saturated heterocycles. The normalized spacial score (nSPS) is 20.8. The molecule has 2 aliphatic rings. The third kappa shape index (κ3) is 8.07. The van der Waals surface area contributed by atoms with E-state index in [9.17, 15) is 18.0 Å². The number of urea groups is 1. The van der Waals surface area contributed by atoms with E-state index >= 15 is 0 Å². The molecule has 0 saturated carbocycles. The van der Waals surface area contributed by atoms with Crippen LogP contribution in [0.3, 0.4) is 0 Å². The van der Waals surface area contributed by atoms with E-state index in [0.717, 1.165) is 51.0 Å². The Balaban J connectivity index is 1.28. The number of unbranched alkanes of at least 4 members (excludes halogenated alkanes) is 1. The summed E-state index contributed by atoms with van der Waals surface area (Å²) in [4.78, 5) is 16.8. The fourth-order valence-electron chi connectivity index (χ4n) is 4.51. The Kier molecular flexibility index (Phi) is 8.90. The molecule has 0 spiro atoms. The van der Waals surface area contributed by atoms with Crippen molar-refractivity contribution in [2.45, 2.75) is 70.3 Å². The van der Waals surface area contributed by atoms with Gasteiger partial charge in [0.25, 0.3) is 0 Å². The number of amides is 2. The lowest BCUT2D eigenvalue weighted by Crippen LogP contribution is -2.48. The van der Waals surface area contributed by atoms with Crippen molar-refractivity contribution >= 4 is 11.7 Å². The van der Waals surface area contributed by atoms with Crippen molar-refractivity contribution in [2.75, 3.05) is 37.6 Å². The van der Waals surface area contributed by atoms with E-state index in [1.807, 2.05) is 0 Å². The number of hydrogen-bond acceptors (Lipinski definition) is 4. The average Bonchev–Trinajstić information content (AvgIpc) is 2.75. The van der Waals surface area contributed by atoms with Crippen molar-refractivity contribution in [3.8, 4) is 5.75 Å². The number of rotatable bonds is 8. The van der Waals surface area contributed by atoms with Gasteiger partial charge < -0.3 is 25.2 Å². The van der Waals surface area contributed by atoms with Crippen LogP contribution in [-0.4, -0.2) is 62.1 Å². The van der Waals surface area contributed by atoms with E-state index in [0.29, 0.717) is 12.6 Å². The second-order valence-electron chi connectivity index (χ2n) is 8.79. The third-order valence-electron chi connectivity index (χ3n) is 6.36. The first-order valence-corrected chi connectivity index (χ1v) is 11.7. The van der Waals surface area contributed by atoms with Gasteiger partial charge in [0.05, 0.1) is 0 Å². The van der Waals surface area contributed by atoms with E-state index in [-0.39, 0.29) is 17.8 Å². The first-order chi connectivity index (χ1) is 15.3. The molecule has 2 aliphatic heterocycles. The summed E-state index contributed by atoms with van der Waals surface area (Å²) in [5.74, 6) is -0.222. The molecular formula is C23H35F3N4O2. The summed E-state index contributed by atoms with van der Waals surface area (Å²) in [5, 5.41) is 6.00. The SMILES string of the molecule is C[C@@H]1CCCCN1CCCCNC(=O)NC1CCN(c2ccc(OC(F)(F)F)cc2)CC1. The molecule has 32 heavy (non-hydrogen) atoms. The van der Waals surface area contributed by atoms with Gasteiger partial charge in [-0.2, -0.15) is 0 Å².